The fourth-order valence-corrected chi connectivity index (χ4v) is 3.46. The fourth-order valence-electron chi connectivity index (χ4n) is 3.46. The van der Waals surface area contributed by atoms with Crippen molar-refractivity contribution in [2.24, 2.45) is 4.99 Å². The van der Waals surface area contributed by atoms with Gasteiger partial charge in [-0.25, -0.2) is 9.98 Å². The minimum atomic E-state index is 0. The van der Waals surface area contributed by atoms with Gasteiger partial charge in [-0.05, 0) is 36.1 Å². The number of fused-ring (bicyclic) bond motifs is 1. The molecule has 0 bridgehead atoms. The van der Waals surface area contributed by atoms with E-state index in [9.17, 15) is 0 Å². The van der Waals surface area contributed by atoms with E-state index in [1.807, 2.05) is 18.7 Å². The maximum Gasteiger partial charge on any atom is 0.198 e. The van der Waals surface area contributed by atoms with Crippen molar-refractivity contribution in [2.45, 2.75) is 26.4 Å². The molecule has 0 atom stereocenters. The number of benzene rings is 2. The van der Waals surface area contributed by atoms with E-state index in [1.54, 1.807) is 0 Å². The number of hydrogen-bond acceptors (Lipinski definition) is 2. The van der Waals surface area contributed by atoms with E-state index >= 15 is 0 Å². The number of para-hydroxylation sites is 1. The first-order valence-electron chi connectivity index (χ1n) is 9.51. The second-order valence-electron chi connectivity index (χ2n) is 6.75. The van der Waals surface area contributed by atoms with Crippen LogP contribution in [0.4, 0.5) is 5.69 Å². The van der Waals surface area contributed by atoms with Gasteiger partial charge < -0.3 is 14.8 Å². The Bertz CT molecular complexity index is 903. The first-order valence-corrected chi connectivity index (χ1v) is 9.51. The quantitative estimate of drug-likeness (QED) is 0.335. The highest BCUT2D eigenvalue weighted by atomic mass is 127. The predicted molar refractivity (Wildman–Crippen MR) is 125 cm³/mol. The number of nitrogens with zero attached hydrogens (tertiary/aromatic N) is 4. The largest absolute Gasteiger partial charge is 0.356 e. The van der Waals surface area contributed by atoms with Crippen LogP contribution in [0.15, 0.2) is 72.2 Å². The number of aromatic nitrogens is 2. The van der Waals surface area contributed by atoms with Gasteiger partial charge >= 0.3 is 0 Å². The summed E-state index contributed by atoms with van der Waals surface area (Å²) >= 11 is 0. The monoisotopic (exact) mass is 487 g/mol. The van der Waals surface area contributed by atoms with Crippen molar-refractivity contribution in [3.8, 4) is 0 Å². The Morgan fingerprint density at radius 2 is 1.89 bits per heavy atom. The van der Waals surface area contributed by atoms with Crippen molar-refractivity contribution < 1.29 is 0 Å². The molecule has 0 saturated heterocycles. The van der Waals surface area contributed by atoms with Gasteiger partial charge in [-0.2, -0.15) is 0 Å². The van der Waals surface area contributed by atoms with Gasteiger partial charge in [-0.3, -0.25) is 0 Å². The molecule has 3 aromatic rings. The molecule has 5 nitrogen and oxygen atoms in total. The maximum absolute atomic E-state index is 4.89. The Labute approximate surface area is 183 Å². The van der Waals surface area contributed by atoms with Crippen LogP contribution in [-0.4, -0.2) is 28.6 Å². The lowest BCUT2D eigenvalue weighted by Crippen LogP contribution is -2.40. The Hall–Kier alpha value is -2.35. The van der Waals surface area contributed by atoms with E-state index in [2.05, 4.69) is 75.2 Å². The van der Waals surface area contributed by atoms with Crippen molar-refractivity contribution in [3.05, 3.63) is 83.9 Å². The number of guanidine groups is 1. The molecule has 2 heterocycles. The highest BCUT2D eigenvalue weighted by Gasteiger charge is 2.22. The third-order valence-electron chi connectivity index (χ3n) is 4.84. The molecule has 0 aliphatic carbocycles. The van der Waals surface area contributed by atoms with E-state index in [0.29, 0.717) is 6.54 Å². The molecule has 0 unspecified atom stereocenters. The molecule has 1 aliphatic heterocycles. The zero-order valence-corrected chi connectivity index (χ0v) is 18.4. The summed E-state index contributed by atoms with van der Waals surface area (Å²) in [7, 11) is 0. The van der Waals surface area contributed by atoms with Gasteiger partial charge in [0.15, 0.2) is 5.96 Å². The first kappa shape index (κ1) is 20.4. The lowest BCUT2D eigenvalue weighted by atomic mass is 10.1. The Balaban J connectivity index is 0.00000225. The van der Waals surface area contributed by atoms with Gasteiger partial charge in [0, 0.05) is 37.7 Å². The first-order chi connectivity index (χ1) is 13.3. The summed E-state index contributed by atoms with van der Waals surface area (Å²) < 4.78 is 2.07. The number of aliphatic imine (C=N–C) groups is 1. The van der Waals surface area contributed by atoms with Crippen molar-refractivity contribution >= 4 is 35.6 Å². The van der Waals surface area contributed by atoms with Crippen molar-refractivity contribution in [1.29, 1.82) is 0 Å². The molecule has 6 heteroatoms. The molecule has 146 valence electrons. The number of imidazole rings is 1. The normalized spacial score (nSPS) is 13.2. The van der Waals surface area contributed by atoms with Crippen LogP contribution < -0.4 is 10.2 Å². The Morgan fingerprint density at radius 3 is 2.64 bits per heavy atom. The van der Waals surface area contributed by atoms with E-state index in [-0.39, 0.29) is 24.0 Å². The molecule has 4 rings (SSSR count). The molecule has 1 aromatic heterocycles. The SMILES string of the molecule is CCNC(=NCc1ccc(Cn2ccnc2)cc1)N1CCc2ccccc21.I. The van der Waals surface area contributed by atoms with Gasteiger partial charge in [-0.1, -0.05) is 42.5 Å². The smallest absolute Gasteiger partial charge is 0.198 e. The van der Waals surface area contributed by atoms with Crippen LogP contribution in [0.3, 0.4) is 0 Å². The molecule has 0 amide bonds. The Morgan fingerprint density at radius 1 is 1.11 bits per heavy atom. The molecule has 0 radical (unpaired) electrons. The third kappa shape index (κ3) is 4.73. The van der Waals surface area contributed by atoms with Crippen molar-refractivity contribution in [2.75, 3.05) is 18.0 Å². The summed E-state index contributed by atoms with van der Waals surface area (Å²) in [5.74, 6) is 0.963. The molecule has 0 saturated carbocycles. The standard InChI is InChI=1S/C22H25N5.HI/c1-2-24-22(27-13-11-20-5-3-4-6-21(20)27)25-15-18-7-9-19(10-8-18)16-26-14-12-23-17-26;/h3-10,12,14,17H,2,11,13,15-16H2,1H3,(H,24,25);1H. The highest BCUT2D eigenvalue weighted by molar-refractivity contribution is 14.0. The van der Waals surface area contributed by atoms with Crippen LogP contribution in [0, 0.1) is 0 Å². The number of anilines is 1. The number of nitrogens with one attached hydrogen (secondary N) is 1. The van der Waals surface area contributed by atoms with E-state index in [4.69, 9.17) is 4.99 Å². The molecule has 0 fully saturated rings. The summed E-state index contributed by atoms with van der Waals surface area (Å²) in [6, 6.07) is 17.3. The van der Waals surface area contributed by atoms with Crippen LogP contribution in [-0.2, 0) is 19.5 Å². The van der Waals surface area contributed by atoms with Crippen LogP contribution in [0.5, 0.6) is 0 Å². The van der Waals surface area contributed by atoms with Gasteiger partial charge in [0.2, 0.25) is 0 Å². The Kier molecular flexibility index (Phi) is 7.08. The third-order valence-corrected chi connectivity index (χ3v) is 4.84. The molecule has 0 spiro atoms. The molecule has 28 heavy (non-hydrogen) atoms. The number of rotatable bonds is 5. The average molecular weight is 487 g/mol. The van der Waals surface area contributed by atoms with Gasteiger partial charge in [-0.15, -0.1) is 24.0 Å². The van der Waals surface area contributed by atoms with Crippen LogP contribution >= 0.6 is 24.0 Å². The summed E-state index contributed by atoms with van der Waals surface area (Å²) in [5, 5.41) is 3.44. The molecular weight excluding hydrogens is 461 g/mol. The lowest BCUT2D eigenvalue weighted by molar-refractivity contribution is 0.796. The number of halogens is 1. The van der Waals surface area contributed by atoms with Gasteiger partial charge in [0.1, 0.15) is 0 Å². The van der Waals surface area contributed by atoms with Crippen LogP contribution in [0.2, 0.25) is 0 Å². The van der Waals surface area contributed by atoms with Crippen molar-refractivity contribution in [3.63, 3.8) is 0 Å². The van der Waals surface area contributed by atoms with E-state index in [0.717, 1.165) is 32.0 Å². The number of hydrogen-bond donors (Lipinski definition) is 1. The molecular formula is C22H26IN5. The fraction of sp³-hybridized carbons (Fsp3) is 0.273. The molecule has 2 aromatic carbocycles. The lowest BCUT2D eigenvalue weighted by Gasteiger charge is -2.22. The minimum Gasteiger partial charge on any atom is -0.356 e. The van der Waals surface area contributed by atoms with E-state index < -0.39 is 0 Å². The predicted octanol–water partition coefficient (Wildman–Crippen LogP) is 4.08. The van der Waals surface area contributed by atoms with Crippen LogP contribution in [0.25, 0.3) is 0 Å². The van der Waals surface area contributed by atoms with Gasteiger partial charge in [0.05, 0.1) is 12.9 Å². The zero-order valence-electron chi connectivity index (χ0n) is 16.1. The molecule has 1 aliphatic rings. The summed E-state index contributed by atoms with van der Waals surface area (Å²) in [6.07, 6.45) is 6.70. The summed E-state index contributed by atoms with van der Waals surface area (Å²) in [5.41, 5.74) is 5.15. The van der Waals surface area contributed by atoms with Gasteiger partial charge in [0.25, 0.3) is 0 Å². The highest BCUT2D eigenvalue weighted by Crippen LogP contribution is 2.27. The second kappa shape index (κ2) is 9.73. The summed E-state index contributed by atoms with van der Waals surface area (Å²) in [6.45, 7) is 5.47. The summed E-state index contributed by atoms with van der Waals surface area (Å²) in [4.78, 5) is 11.3. The topological polar surface area (TPSA) is 45.5 Å². The average Bonchev–Trinajstić information content (AvgIpc) is 3.36. The maximum atomic E-state index is 4.89. The van der Waals surface area contributed by atoms with E-state index in [1.165, 1.54) is 22.4 Å². The second-order valence-corrected chi connectivity index (χ2v) is 6.75. The van der Waals surface area contributed by atoms with Crippen molar-refractivity contribution in [1.82, 2.24) is 14.9 Å². The minimum absolute atomic E-state index is 0. The van der Waals surface area contributed by atoms with Crippen LogP contribution in [0.1, 0.15) is 23.6 Å². The molecule has 1 N–H and O–H groups in total. The zero-order chi connectivity index (χ0) is 18.5.